The number of hydrogen-bond donors (Lipinski definition) is 1. The van der Waals surface area contributed by atoms with Gasteiger partial charge in [0.15, 0.2) is 11.7 Å². The van der Waals surface area contributed by atoms with Crippen LogP contribution >= 0.6 is 11.3 Å². The van der Waals surface area contributed by atoms with Crippen molar-refractivity contribution in [3.63, 3.8) is 0 Å². The number of aromatic nitrogens is 1. The number of benzene rings is 2. The van der Waals surface area contributed by atoms with Crippen molar-refractivity contribution in [3.05, 3.63) is 65.3 Å². The van der Waals surface area contributed by atoms with Crippen molar-refractivity contribution in [1.82, 2.24) is 9.88 Å². The molecule has 1 aliphatic rings. The summed E-state index contributed by atoms with van der Waals surface area (Å²) in [6.45, 7) is 2.14. The summed E-state index contributed by atoms with van der Waals surface area (Å²) in [4.78, 5) is 30.6. The molecule has 4 rings (SSSR count). The Morgan fingerprint density at radius 1 is 1.13 bits per heavy atom. The van der Waals surface area contributed by atoms with Gasteiger partial charge in [-0.3, -0.25) is 14.9 Å². The molecule has 1 aliphatic heterocycles. The van der Waals surface area contributed by atoms with Crippen LogP contribution in [0.25, 0.3) is 11.3 Å². The number of morpholine rings is 1. The summed E-state index contributed by atoms with van der Waals surface area (Å²) in [5.41, 5.74) is 1.26. The van der Waals surface area contributed by atoms with E-state index < -0.39 is 0 Å². The molecule has 3 aromatic rings. The van der Waals surface area contributed by atoms with Crippen molar-refractivity contribution >= 4 is 28.3 Å². The van der Waals surface area contributed by atoms with E-state index in [2.05, 4.69) is 10.3 Å². The number of anilines is 1. The number of amides is 2. The van der Waals surface area contributed by atoms with Gasteiger partial charge in [0.2, 0.25) is 0 Å². The third-order valence-electron chi connectivity index (χ3n) is 4.72. The molecule has 0 atom stereocenters. The van der Waals surface area contributed by atoms with Crippen LogP contribution in [0.3, 0.4) is 0 Å². The molecular formula is C22H20FN3O4S. The maximum Gasteiger partial charge on any atom is 0.260 e. The average molecular weight is 441 g/mol. The van der Waals surface area contributed by atoms with Crippen LogP contribution in [0.2, 0.25) is 0 Å². The minimum atomic E-state index is -0.367. The molecule has 1 aromatic heterocycles. The van der Waals surface area contributed by atoms with Gasteiger partial charge in [0.05, 0.1) is 18.9 Å². The summed E-state index contributed by atoms with van der Waals surface area (Å²) >= 11 is 1.22. The minimum absolute atomic E-state index is 0.0660. The van der Waals surface area contributed by atoms with Gasteiger partial charge in [-0.1, -0.05) is 12.1 Å². The van der Waals surface area contributed by atoms with E-state index in [4.69, 9.17) is 9.47 Å². The third-order valence-corrected chi connectivity index (χ3v) is 5.47. The number of rotatable bonds is 6. The highest BCUT2D eigenvalue weighted by Crippen LogP contribution is 2.27. The number of halogens is 1. The van der Waals surface area contributed by atoms with E-state index in [1.807, 2.05) is 0 Å². The Morgan fingerprint density at radius 3 is 2.61 bits per heavy atom. The average Bonchev–Trinajstić information content (AvgIpc) is 3.26. The highest BCUT2D eigenvalue weighted by Gasteiger charge is 2.17. The molecule has 31 heavy (non-hydrogen) atoms. The standard InChI is InChI=1S/C22H20FN3O4S/c23-18-4-2-1-3-17(18)19-14-31-22(24-19)25-21(28)15-5-7-16(8-6-15)30-13-20(27)26-9-11-29-12-10-26/h1-8,14H,9-13H2,(H,24,25,28). The lowest BCUT2D eigenvalue weighted by Crippen LogP contribution is -2.42. The molecule has 7 nitrogen and oxygen atoms in total. The molecule has 9 heteroatoms. The highest BCUT2D eigenvalue weighted by molar-refractivity contribution is 7.14. The summed E-state index contributed by atoms with van der Waals surface area (Å²) in [7, 11) is 0. The molecule has 0 unspecified atom stereocenters. The van der Waals surface area contributed by atoms with Crippen molar-refractivity contribution in [2.24, 2.45) is 0 Å². The molecule has 1 N–H and O–H groups in total. The summed E-state index contributed by atoms with van der Waals surface area (Å²) in [5, 5.41) is 4.78. The fourth-order valence-electron chi connectivity index (χ4n) is 3.04. The molecule has 2 aromatic carbocycles. The maximum absolute atomic E-state index is 13.9. The quantitative estimate of drug-likeness (QED) is 0.634. The van der Waals surface area contributed by atoms with E-state index in [0.717, 1.165) is 0 Å². The van der Waals surface area contributed by atoms with E-state index in [9.17, 15) is 14.0 Å². The second kappa shape index (κ2) is 9.67. The van der Waals surface area contributed by atoms with Crippen LogP contribution in [0.15, 0.2) is 53.9 Å². The monoisotopic (exact) mass is 441 g/mol. The summed E-state index contributed by atoms with van der Waals surface area (Å²) in [6.07, 6.45) is 0. The molecule has 1 fully saturated rings. The normalized spacial score (nSPS) is 13.6. The maximum atomic E-state index is 13.9. The Kier molecular flexibility index (Phi) is 6.54. The van der Waals surface area contributed by atoms with Gasteiger partial charge in [0, 0.05) is 29.6 Å². The third kappa shape index (κ3) is 5.25. The van der Waals surface area contributed by atoms with Crippen molar-refractivity contribution in [2.45, 2.75) is 0 Å². The number of carbonyl (C=O) groups is 2. The van der Waals surface area contributed by atoms with Gasteiger partial charge in [0.25, 0.3) is 11.8 Å². The number of nitrogens with one attached hydrogen (secondary N) is 1. The predicted molar refractivity (Wildman–Crippen MR) is 115 cm³/mol. The molecule has 1 saturated heterocycles. The SMILES string of the molecule is O=C(Nc1nc(-c2ccccc2F)cs1)c1ccc(OCC(=O)N2CCOCC2)cc1. The van der Waals surface area contributed by atoms with E-state index in [0.29, 0.717) is 54.0 Å². The van der Waals surface area contributed by atoms with Crippen LogP contribution in [-0.2, 0) is 9.53 Å². The van der Waals surface area contributed by atoms with Crippen LogP contribution in [0.4, 0.5) is 9.52 Å². The van der Waals surface area contributed by atoms with Crippen LogP contribution < -0.4 is 10.1 Å². The van der Waals surface area contributed by atoms with Crippen molar-refractivity contribution in [3.8, 4) is 17.0 Å². The number of thiazole rings is 1. The van der Waals surface area contributed by atoms with Crippen LogP contribution in [0.1, 0.15) is 10.4 Å². The Balaban J connectivity index is 1.32. The van der Waals surface area contributed by atoms with Gasteiger partial charge in [-0.2, -0.15) is 0 Å². The summed E-state index contributed by atoms with van der Waals surface area (Å²) in [5.74, 6) is -0.312. The first-order valence-corrected chi connectivity index (χ1v) is 10.6. The molecular weight excluding hydrogens is 421 g/mol. The lowest BCUT2D eigenvalue weighted by molar-refractivity contribution is -0.137. The first-order chi connectivity index (χ1) is 15.1. The summed E-state index contributed by atoms with van der Waals surface area (Å²) in [6, 6.07) is 12.8. The molecule has 2 heterocycles. The Bertz CT molecular complexity index is 1060. The Labute approximate surface area is 182 Å². The van der Waals surface area contributed by atoms with Crippen molar-refractivity contribution in [1.29, 1.82) is 0 Å². The first kappa shape index (κ1) is 21.0. The number of hydrogen-bond acceptors (Lipinski definition) is 6. The molecule has 2 amide bonds. The van der Waals surface area contributed by atoms with Gasteiger partial charge in [0.1, 0.15) is 11.6 Å². The van der Waals surface area contributed by atoms with Gasteiger partial charge in [-0.05, 0) is 36.4 Å². The second-order valence-electron chi connectivity index (χ2n) is 6.78. The lowest BCUT2D eigenvalue weighted by atomic mass is 10.2. The van der Waals surface area contributed by atoms with E-state index in [1.165, 1.54) is 17.4 Å². The zero-order chi connectivity index (χ0) is 21.6. The molecule has 0 bridgehead atoms. The first-order valence-electron chi connectivity index (χ1n) is 9.70. The Hall–Kier alpha value is -3.30. The molecule has 0 aliphatic carbocycles. The molecule has 0 saturated carbocycles. The van der Waals surface area contributed by atoms with Crippen molar-refractivity contribution < 1.29 is 23.5 Å². The fourth-order valence-corrected chi connectivity index (χ4v) is 3.75. The zero-order valence-electron chi connectivity index (χ0n) is 16.5. The topological polar surface area (TPSA) is 80.8 Å². The fraction of sp³-hybridized carbons (Fsp3) is 0.227. The van der Waals surface area contributed by atoms with Gasteiger partial charge >= 0.3 is 0 Å². The van der Waals surface area contributed by atoms with Crippen LogP contribution in [-0.4, -0.2) is 54.6 Å². The number of carbonyl (C=O) groups excluding carboxylic acids is 2. The minimum Gasteiger partial charge on any atom is -0.484 e. The van der Waals surface area contributed by atoms with E-state index >= 15 is 0 Å². The smallest absolute Gasteiger partial charge is 0.260 e. The van der Waals surface area contributed by atoms with Gasteiger partial charge in [-0.15, -0.1) is 11.3 Å². The molecule has 160 valence electrons. The number of nitrogens with zero attached hydrogens (tertiary/aromatic N) is 2. The second-order valence-corrected chi connectivity index (χ2v) is 7.64. The highest BCUT2D eigenvalue weighted by atomic mass is 32.1. The van der Waals surface area contributed by atoms with E-state index in [1.54, 1.807) is 52.7 Å². The molecule has 0 spiro atoms. The predicted octanol–water partition coefficient (Wildman–Crippen LogP) is 3.44. The van der Waals surface area contributed by atoms with Crippen LogP contribution in [0.5, 0.6) is 5.75 Å². The molecule has 0 radical (unpaired) electrons. The summed E-state index contributed by atoms with van der Waals surface area (Å²) < 4.78 is 24.7. The van der Waals surface area contributed by atoms with Crippen molar-refractivity contribution in [2.75, 3.05) is 38.2 Å². The zero-order valence-corrected chi connectivity index (χ0v) is 17.4. The number of ether oxygens (including phenoxy) is 2. The lowest BCUT2D eigenvalue weighted by Gasteiger charge is -2.26. The van der Waals surface area contributed by atoms with Gasteiger partial charge < -0.3 is 14.4 Å². The Morgan fingerprint density at radius 2 is 1.87 bits per heavy atom. The van der Waals surface area contributed by atoms with E-state index in [-0.39, 0.29) is 24.2 Å². The largest absolute Gasteiger partial charge is 0.484 e. The van der Waals surface area contributed by atoms with Crippen LogP contribution in [0, 0.1) is 5.82 Å². The van der Waals surface area contributed by atoms with Gasteiger partial charge in [-0.25, -0.2) is 9.37 Å².